The number of furan rings is 1. The first-order chi connectivity index (χ1) is 17.6. The van der Waals surface area contributed by atoms with Gasteiger partial charge in [0, 0.05) is 32.3 Å². The maximum absolute atomic E-state index is 10.6. The Bertz CT molecular complexity index is 1190. The number of aliphatic hydroxyl groups is 1. The third kappa shape index (κ3) is 6.54. The highest BCUT2D eigenvalue weighted by Gasteiger charge is 2.24. The summed E-state index contributed by atoms with van der Waals surface area (Å²) >= 11 is 0. The average Bonchev–Trinajstić information content (AvgIpc) is 3.52. The lowest BCUT2D eigenvalue weighted by Crippen LogP contribution is -2.34. The largest absolute Gasteiger partial charge is 0.497 e. The molecule has 2 heterocycles. The molecule has 1 N–H and O–H groups in total. The minimum atomic E-state index is -0.650. The Morgan fingerprint density at radius 1 is 1.00 bits per heavy atom. The number of aliphatic hydroxyl groups excluding tert-OH is 1. The van der Waals surface area contributed by atoms with Crippen molar-refractivity contribution >= 4 is 0 Å². The fourth-order valence-corrected chi connectivity index (χ4v) is 4.04. The highest BCUT2D eigenvalue weighted by atomic mass is 16.5. The lowest BCUT2D eigenvalue weighted by molar-refractivity contribution is 0.0167. The quantitative estimate of drug-likeness (QED) is 0.285. The minimum Gasteiger partial charge on any atom is -0.497 e. The van der Waals surface area contributed by atoms with Crippen LogP contribution in [0.25, 0.3) is 11.3 Å². The molecule has 0 aliphatic rings. The van der Waals surface area contributed by atoms with Gasteiger partial charge in [-0.15, -0.1) is 0 Å². The van der Waals surface area contributed by atoms with Crippen LogP contribution in [0, 0.1) is 0 Å². The molecule has 2 aromatic heterocycles. The number of benzene rings is 2. The molecule has 0 saturated heterocycles. The van der Waals surface area contributed by atoms with Crippen LogP contribution in [-0.2, 0) is 24.9 Å². The number of rotatable bonds is 13. The van der Waals surface area contributed by atoms with Crippen LogP contribution in [0.4, 0.5) is 0 Å². The van der Waals surface area contributed by atoms with Crippen LogP contribution in [0.2, 0.25) is 0 Å². The summed E-state index contributed by atoms with van der Waals surface area (Å²) in [5, 5.41) is 15.5. The van der Waals surface area contributed by atoms with E-state index in [1.807, 2.05) is 80.7 Å². The van der Waals surface area contributed by atoms with Gasteiger partial charge in [0.15, 0.2) is 0 Å². The Balaban J connectivity index is 1.69. The zero-order valence-electron chi connectivity index (χ0n) is 21.0. The summed E-state index contributed by atoms with van der Waals surface area (Å²) in [6.07, 6.45) is 1.00. The number of methoxy groups -OCH3 is 1. The Labute approximate surface area is 211 Å². The lowest BCUT2D eigenvalue weighted by Gasteiger charge is -2.24. The standard InChI is InChI=1S/C28H33N3O5/c1-4-34-20-22(32)17-31(18-25-11-8-16-35-25)19-26-27(21-9-6-5-7-10-21)29-30(2)28(26)36-24-14-12-23(33-3)13-15-24/h5-16,22,32H,4,17-20H2,1-3H3/t22-/m0/s1. The van der Waals surface area contributed by atoms with Crippen molar-refractivity contribution in [3.05, 3.63) is 84.3 Å². The SMILES string of the molecule is CCOC[C@@H](O)CN(Cc1ccco1)Cc1c(-c2ccccc2)nn(C)c1Oc1ccc(OC)cc1. The number of ether oxygens (including phenoxy) is 3. The van der Waals surface area contributed by atoms with Crippen LogP contribution in [0.1, 0.15) is 18.2 Å². The number of nitrogens with zero attached hydrogens (tertiary/aromatic N) is 3. The topological polar surface area (TPSA) is 82.1 Å². The second kappa shape index (κ2) is 12.4. The molecule has 0 bridgehead atoms. The van der Waals surface area contributed by atoms with E-state index in [0.29, 0.717) is 37.9 Å². The fraction of sp³-hybridized carbons (Fsp3) is 0.321. The zero-order chi connectivity index (χ0) is 25.3. The van der Waals surface area contributed by atoms with Gasteiger partial charge >= 0.3 is 0 Å². The molecule has 190 valence electrons. The predicted octanol–water partition coefficient (Wildman–Crippen LogP) is 4.88. The molecule has 0 aliphatic heterocycles. The van der Waals surface area contributed by atoms with Gasteiger partial charge in [-0.05, 0) is 43.3 Å². The molecule has 2 aromatic carbocycles. The maximum atomic E-state index is 10.6. The van der Waals surface area contributed by atoms with Crippen LogP contribution in [0.3, 0.4) is 0 Å². The molecule has 8 nitrogen and oxygen atoms in total. The third-order valence-corrected chi connectivity index (χ3v) is 5.73. The molecule has 8 heteroatoms. The molecule has 0 amide bonds. The number of hydrogen-bond donors (Lipinski definition) is 1. The molecule has 0 fully saturated rings. The maximum Gasteiger partial charge on any atom is 0.222 e. The molecular weight excluding hydrogens is 458 g/mol. The number of aromatic nitrogens is 2. The fourth-order valence-electron chi connectivity index (χ4n) is 4.04. The number of hydrogen-bond acceptors (Lipinski definition) is 7. The first kappa shape index (κ1) is 25.5. The van der Waals surface area contributed by atoms with Crippen LogP contribution in [-0.4, -0.2) is 52.8 Å². The molecule has 0 unspecified atom stereocenters. The molecule has 1 atom stereocenters. The van der Waals surface area contributed by atoms with E-state index in [0.717, 1.165) is 28.3 Å². The van der Waals surface area contributed by atoms with Gasteiger partial charge in [-0.1, -0.05) is 30.3 Å². The monoisotopic (exact) mass is 491 g/mol. The normalized spacial score (nSPS) is 12.1. The van der Waals surface area contributed by atoms with Gasteiger partial charge in [0.25, 0.3) is 0 Å². The summed E-state index contributed by atoms with van der Waals surface area (Å²) < 4.78 is 24.4. The van der Waals surface area contributed by atoms with Crippen molar-refractivity contribution in [3.63, 3.8) is 0 Å². The minimum absolute atomic E-state index is 0.263. The number of aryl methyl sites for hydroxylation is 1. The average molecular weight is 492 g/mol. The van der Waals surface area contributed by atoms with E-state index >= 15 is 0 Å². The highest BCUT2D eigenvalue weighted by Crippen LogP contribution is 2.35. The van der Waals surface area contributed by atoms with Gasteiger partial charge in [0.2, 0.25) is 5.88 Å². The van der Waals surface area contributed by atoms with Crippen LogP contribution in [0.15, 0.2) is 77.4 Å². The van der Waals surface area contributed by atoms with Crippen molar-refractivity contribution in [1.82, 2.24) is 14.7 Å². The summed E-state index contributed by atoms with van der Waals surface area (Å²) in [5.74, 6) is 2.86. The summed E-state index contributed by atoms with van der Waals surface area (Å²) in [6.45, 7) is 4.12. The molecule has 0 radical (unpaired) electrons. The van der Waals surface area contributed by atoms with Gasteiger partial charge in [-0.2, -0.15) is 5.10 Å². The van der Waals surface area contributed by atoms with Crippen molar-refractivity contribution in [2.75, 3.05) is 26.9 Å². The molecule has 0 spiro atoms. The van der Waals surface area contributed by atoms with E-state index < -0.39 is 6.10 Å². The Kier molecular flexibility index (Phi) is 8.78. The first-order valence-electron chi connectivity index (χ1n) is 12.0. The Morgan fingerprint density at radius 3 is 2.42 bits per heavy atom. The molecule has 0 saturated carbocycles. The summed E-state index contributed by atoms with van der Waals surface area (Å²) in [6, 6.07) is 21.3. The van der Waals surface area contributed by atoms with E-state index in [2.05, 4.69) is 4.90 Å². The van der Waals surface area contributed by atoms with Crippen LogP contribution >= 0.6 is 0 Å². The lowest BCUT2D eigenvalue weighted by atomic mass is 10.1. The summed E-state index contributed by atoms with van der Waals surface area (Å²) in [7, 11) is 3.50. The van der Waals surface area contributed by atoms with Crippen molar-refractivity contribution in [3.8, 4) is 28.6 Å². The predicted molar refractivity (Wildman–Crippen MR) is 137 cm³/mol. The van der Waals surface area contributed by atoms with Gasteiger partial charge < -0.3 is 23.7 Å². The van der Waals surface area contributed by atoms with E-state index in [4.69, 9.17) is 23.7 Å². The van der Waals surface area contributed by atoms with Crippen LogP contribution in [0.5, 0.6) is 17.4 Å². The smallest absolute Gasteiger partial charge is 0.222 e. The highest BCUT2D eigenvalue weighted by molar-refractivity contribution is 5.65. The van der Waals surface area contributed by atoms with Gasteiger partial charge in [0.05, 0.1) is 38.2 Å². The molecule has 4 rings (SSSR count). The second-order valence-electron chi connectivity index (χ2n) is 8.46. The molecule has 36 heavy (non-hydrogen) atoms. The van der Waals surface area contributed by atoms with Crippen LogP contribution < -0.4 is 9.47 Å². The first-order valence-corrected chi connectivity index (χ1v) is 12.0. The molecule has 0 aliphatic carbocycles. The van der Waals surface area contributed by atoms with Gasteiger partial charge in [-0.3, -0.25) is 4.90 Å². The third-order valence-electron chi connectivity index (χ3n) is 5.73. The van der Waals surface area contributed by atoms with E-state index in [9.17, 15) is 5.11 Å². The van der Waals surface area contributed by atoms with Crippen molar-refractivity contribution < 1.29 is 23.7 Å². The molecule has 4 aromatic rings. The van der Waals surface area contributed by atoms with E-state index in [1.165, 1.54) is 0 Å². The van der Waals surface area contributed by atoms with Gasteiger partial charge in [0.1, 0.15) is 23.0 Å². The zero-order valence-corrected chi connectivity index (χ0v) is 21.0. The Morgan fingerprint density at radius 2 is 1.75 bits per heavy atom. The second-order valence-corrected chi connectivity index (χ2v) is 8.46. The molecular formula is C28H33N3O5. The Hall–Kier alpha value is -3.59. The van der Waals surface area contributed by atoms with Crippen molar-refractivity contribution in [2.24, 2.45) is 7.05 Å². The van der Waals surface area contributed by atoms with E-state index in [1.54, 1.807) is 18.1 Å². The van der Waals surface area contributed by atoms with Crippen molar-refractivity contribution in [2.45, 2.75) is 26.1 Å². The summed E-state index contributed by atoms with van der Waals surface area (Å²) in [5.41, 5.74) is 2.72. The van der Waals surface area contributed by atoms with E-state index in [-0.39, 0.29) is 6.61 Å². The van der Waals surface area contributed by atoms with Crippen molar-refractivity contribution in [1.29, 1.82) is 0 Å². The van der Waals surface area contributed by atoms with Gasteiger partial charge in [-0.25, -0.2) is 4.68 Å². The summed E-state index contributed by atoms with van der Waals surface area (Å²) in [4.78, 5) is 2.12.